The Morgan fingerprint density at radius 1 is 1.14 bits per heavy atom. The van der Waals surface area contributed by atoms with E-state index in [0.29, 0.717) is 41.7 Å². The first-order valence-corrected chi connectivity index (χ1v) is 13.8. The van der Waals surface area contributed by atoms with Gasteiger partial charge in [0.2, 0.25) is 5.88 Å². The van der Waals surface area contributed by atoms with Crippen LogP contribution >= 0.6 is 0 Å². The average Bonchev–Trinajstić information content (AvgIpc) is 3.29. The van der Waals surface area contributed by atoms with E-state index in [9.17, 15) is 9.59 Å². The molecule has 1 amide bonds. The Morgan fingerprint density at radius 2 is 1.88 bits per heavy atom. The van der Waals surface area contributed by atoms with Gasteiger partial charge in [0.05, 0.1) is 19.4 Å². The summed E-state index contributed by atoms with van der Waals surface area (Å²) in [6.07, 6.45) is 1.65. The zero-order valence-corrected chi connectivity index (χ0v) is 24.5. The summed E-state index contributed by atoms with van der Waals surface area (Å²) in [6, 6.07) is 12.4. The van der Waals surface area contributed by atoms with Crippen LogP contribution in [0.5, 0.6) is 5.88 Å². The summed E-state index contributed by atoms with van der Waals surface area (Å²) in [7, 11) is 1.53. The number of anilines is 1. The first kappa shape index (κ1) is 28.9. The van der Waals surface area contributed by atoms with E-state index >= 15 is 4.39 Å². The van der Waals surface area contributed by atoms with E-state index in [1.54, 1.807) is 17.2 Å². The maximum atomic E-state index is 15.8. The molecule has 1 aliphatic rings. The molecule has 2 aromatic carbocycles. The Balaban J connectivity index is 1.54. The predicted molar refractivity (Wildman–Crippen MR) is 158 cm³/mol. The number of carbonyl (C=O) groups is 1. The molecule has 0 bridgehead atoms. The van der Waals surface area contributed by atoms with Gasteiger partial charge < -0.3 is 14.4 Å². The second-order valence-electron chi connectivity index (χ2n) is 10.5. The molecule has 1 aliphatic heterocycles. The molecule has 0 saturated carbocycles. The van der Waals surface area contributed by atoms with Crippen molar-refractivity contribution in [3.05, 3.63) is 111 Å². The molecule has 0 radical (unpaired) electrons. The number of halogens is 1. The number of nitrogens with zero attached hydrogens (tertiary/aromatic N) is 5. The molecule has 0 aliphatic carbocycles. The van der Waals surface area contributed by atoms with Crippen LogP contribution in [0.3, 0.4) is 0 Å². The molecular formula is C32H34FN5O4. The van der Waals surface area contributed by atoms with Crippen molar-refractivity contribution in [3.63, 3.8) is 0 Å². The van der Waals surface area contributed by atoms with E-state index in [1.807, 2.05) is 58.0 Å². The number of amides is 1. The van der Waals surface area contributed by atoms with Crippen molar-refractivity contribution in [2.45, 2.75) is 53.4 Å². The highest BCUT2D eigenvalue weighted by Gasteiger charge is 2.36. The Morgan fingerprint density at radius 3 is 2.55 bits per heavy atom. The van der Waals surface area contributed by atoms with Gasteiger partial charge in [-0.3, -0.25) is 9.36 Å². The maximum absolute atomic E-state index is 15.8. The van der Waals surface area contributed by atoms with Crippen LogP contribution in [-0.4, -0.2) is 38.9 Å². The fraction of sp³-hybridized carbons (Fsp3) is 0.312. The van der Waals surface area contributed by atoms with Crippen molar-refractivity contribution < 1.29 is 18.7 Å². The van der Waals surface area contributed by atoms with Gasteiger partial charge in [0, 0.05) is 36.3 Å². The van der Waals surface area contributed by atoms with Crippen molar-refractivity contribution in [1.29, 1.82) is 0 Å². The Bertz CT molecular complexity index is 1730. The van der Waals surface area contributed by atoms with Gasteiger partial charge in [-0.25, -0.2) is 14.2 Å². The molecule has 0 saturated heterocycles. The van der Waals surface area contributed by atoms with Gasteiger partial charge in [0.1, 0.15) is 18.1 Å². The van der Waals surface area contributed by atoms with E-state index in [4.69, 9.17) is 9.47 Å². The van der Waals surface area contributed by atoms with Crippen LogP contribution in [0, 0.1) is 19.7 Å². The van der Waals surface area contributed by atoms with Gasteiger partial charge in [-0.15, -0.1) is 5.10 Å². The molecule has 1 unspecified atom stereocenters. The number of hydrogen-bond acceptors (Lipinski definition) is 6. The average molecular weight is 572 g/mol. The molecule has 0 N–H and O–H groups in total. The van der Waals surface area contributed by atoms with E-state index in [2.05, 4.69) is 16.7 Å². The first-order chi connectivity index (χ1) is 20.2. The SMILES string of the molecule is C=C(C)C1CN(c2c(C)cnc(OC)c2C)C(=O)c2cc(F)c(-n3nc(COCc4ccccc4)n(CC)c3=O)cc21. The van der Waals surface area contributed by atoms with Gasteiger partial charge in [-0.1, -0.05) is 42.5 Å². The van der Waals surface area contributed by atoms with Gasteiger partial charge in [0.25, 0.3) is 5.91 Å². The smallest absolute Gasteiger partial charge is 0.350 e. The third-order valence-corrected chi connectivity index (χ3v) is 7.64. The molecular weight excluding hydrogens is 537 g/mol. The molecule has 3 heterocycles. The number of benzene rings is 2. The van der Waals surface area contributed by atoms with Crippen LogP contribution in [0.15, 0.2) is 65.6 Å². The minimum atomic E-state index is -0.732. The maximum Gasteiger partial charge on any atom is 0.350 e. The van der Waals surface area contributed by atoms with Crippen LogP contribution in [0.25, 0.3) is 5.69 Å². The fourth-order valence-electron chi connectivity index (χ4n) is 5.52. The topological polar surface area (TPSA) is 91.5 Å². The molecule has 4 aromatic rings. The van der Waals surface area contributed by atoms with Crippen molar-refractivity contribution >= 4 is 11.6 Å². The second kappa shape index (κ2) is 11.7. The molecule has 1 atom stereocenters. The normalized spacial score (nSPS) is 14.7. The molecule has 0 spiro atoms. The largest absolute Gasteiger partial charge is 0.481 e. The molecule has 10 heteroatoms. The standard InChI is InChI=1S/C32H34FN5O4/c1-7-36-28(18-42-17-22-11-9-8-10-12-22)35-38(32(36)40)27-14-23-24(13-26(27)33)31(39)37(16-25(23)19(2)3)29-20(4)15-34-30(41-6)21(29)5/h8-15,25H,2,7,16-18H2,1,3-6H3. The number of aromatic nitrogens is 4. The van der Waals surface area contributed by atoms with Crippen molar-refractivity contribution in [2.75, 3.05) is 18.6 Å². The lowest BCUT2D eigenvalue weighted by Gasteiger charge is -2.36. The number of pyridine rings is 1. The van der Waals surface area contributed by atoms with Gasteiger partial charge in [-0.05, 0) is 56.5 Å². The van der Waals surface area contributed by atoms with Gasteiger partial charge in [0.15, 0.2) is 5.82 Å². The van der Waals surface area contributed by atoms with Crippen molar-refractivity contribution in [3.8, 4) is 11.6 Å². The monoisotopic (exact) mass is 571 g/mol. The van der Waals surface area contributed by atoms with Crippen molar-refractivity contribution in [1.82, 2.24) is 19.3 Å². The number of fused-ring (bicyclic) bond motifs is 1. The summed E-state index contributed by atoms with van der Waals surface area (Å²) < 4.78 is 29.5. The highest BCUT2D eigenvalue weighted by atomic mass is 19.1. The highest BCUT2D eigenvalue weighted by molar-refractivity contribution is 6.09. The quantitative estimate of drug-likeness (QED) is 0.255. The molecule has 42 heavy (non-hydrogen) atoms. The Kier molecular flexibility index (Phi) is 8.08. The van der Waals surface area contributed by atoms with Crippen LogP contribution < -0.4 is 15.3 Å². The van der Waals surface area contributed by atoms with Crippen molar-refractivity contribution in [2.24, 2.45) is 0 Å². The third-order valence-electron chi connectivity index (χ3n) is 7.64. The number of aryl methyl sites for hydroxylation is 1. The van der Waals surface area contributed by atoms with E-state index in [0.717, 1.165) is 21.4 Å². The third kappa shape index (κ3) is 5.14. The lowest BCUT2D eigenvalue weighted by atomic mass is 9.84. The zero-order chi connectivity index (χ0) is 30.1. The van der Waals surface area contributed by atoms with Crippen LogP contribution in [0.2, 0.25) is 0 Å². The molecule has 218 valence electrons. The molecule has 9 nitrogen and oxygen atoms in total. The minimum absolute atomic E-state index is 0.0271. The summed E-state index contributed by atoms with van der Waals surface area (Å²) in [4.78, 5) is 33.2. The second-order valence-corrected chi connectivity index (χ2v) is 10.5. The van der Waals surface area contributed by atoms with Crippen LogP contribution in [0.1, 0.15) is 58.2 Å². The lowest BCUT2D eigenvalue weighted by Crippen LogP contribution is -2.41. The first-order valence-electron chi connectivity index (χ1n) is 13.8. The van der Waals surface area contributed by atoms with E-state index in [-0.39, 0.29) is 36.2 Å². The molecule has 0 fully saturated rings. The number of rotatable bonds is 9. The fourth-order valence-corrected chi connectivity index (χ4v) is 5.52. The zero-order valence-electron chi connectivity index (χ0n) is 24.5. The highest BCUT2D eigenvalue weighted by Crippen LogP contribution is 2.40. The van der Waals surface area contributed by atoms with Gasteiger partial charge in [-0.2, -0.15) is 4.68 Å². The summed E-state index contributed by atoms with van der Waals surface area (Å²) in [6.45, 7) is 12.6. The van der Waals surface area contributed by atoms with Crippen LogP contribution in [0.4, 0.5) is 10.1 Å². The lowest BCUT2D eigenvalue weighted by molar-refractivity contribution is 0.0977. The van der Waals surface area contributed by atoms with Gasteiger partial charge >= 0.3 is 5.69 Å². The number of hydrogen-bond donors (Lipinski definition) is 0. The van der Waals surface area contributed by atoms with E-state index < -0.39 is 11.5 Å². The van der Waals surface area contributed by atoms with E-state index in [1.165, 1.54) is 17.7 Å². The summed E-state index contributed by atoms with van der Waals surface area (Å²) in [5.41, 5.74) is 4.25. The number of methoxy groups -OCH3 is 1. The summed E-state index contributed by atoms with van der Waals surface area (Å²) >= 11 is 0. The predicted octanol–water partition coefficient (Wildman–Crippen LogP) is 5.25. The number of carbonyl (C=O) groups excluding carboxylic acids is 1. The minimum Gasteiger partial charge on any atom is -0.481 e. The Hall–Kier alpha value is -4.57. The Labute approximate surface area is 243 Å². The summed E-state index contributed by atoms with van der Waals surface area (Å²) in [5, 5.41) is 4.45. The number of ether oxygens (including phenoxy) is 2. The van der Waals surface area contributed by atoms with Crippen LogP contribution in [-0.2, 0) is 24.5 Å². The molecule has 2 aromatic heterocycles. The molecule has 5 rings (SSSR count). The summed E-state index contributed by atoms with van der Waals surface area (Å²) in [5.74, 6) is -0.602.